The molecule has 4 rings (SSSR count). The number of quaternary nitrogens is 1. The summed E-state index contributed by atoms with van der Waals surface area (Å²) in [6, 6.07) is 22.3. The van der Waals surface area contributed by atoms with Gasteiger partial charge < -0.3 is 9.59 Å². The number of fused-ring (bicyclic) bond motifs is 2. The molecule has 1 N–H and O–H groups in total. The molecular formula is C25H32NO+. The van der Waals surface area contributed by atoms with Crippen molar-refractivity contribution in [3.63, 3.8) is 0 Å². The highest BCUT2D eigenvalue weighted by molar-refractivity contribution is 5.27. The van der Waals surface area contributed by atoms with Crippen molar-refractivity contribution in [1.82, 2.24) is 0 Å². The Morgan fingerprint density at radius 2 is 1.30 bits per heavy atom. The predicted molar refractivity (Wildman–Crippen MR) is 111 cm³/mol. The molecule has 27 heavy (non-hydrogen) atoms. The lowest BCUT2D eigenvalue weighted by molar-refractivity contribution is -0.928. The summed E-state index contributed by atoms with van der Waals surface area (Å²) in [6.07, 6.45) is 8.48. The number of hydrogen-bond acceptors (Lipinski definition) is 1. The SMILES string of the molecule is C[N+]1(C)[C@@H]2CC[C@H]1C/C(=C\C(O)(Cc1ccccc1)Cc1ccccc1)C2. The Balaban J connectivity index is 1.62. The number of nitrogens with zero attached hydrogens (tertiary/aromatic N) is 1. The summed E-state index contributed by atoms with van der Waals surface area (Å²) in [5.74, 6) is 0. The Labute approximate surface area is 163 Å². The van der Waals surface area contributed by atoms with Crippen LogP contribution in [0.3, 0.4) is 0 Å². The summed E-state index contributed by atoms with van der Waals surface area (Å²) < 4.78 is 1.16. The molecule has 2 saturated heterocycles. The van der Waals surface area contributed by atoms with Gasteiger partial charge in [-0.3, -0.25) is 0 Å². The van der Waals surface area contributed by atoms with E-state index >= 15 is 0 Å². The van der Waals surface area contributed by atoms with Gasteiger partial charge in [-0.1, -0.05) is 72.3 Å². The standard InChI is InChI=1S/C25H32NO/c1-26(2)23-13-14-24(26)16-22(15-23)19-25(27,17-20-9-5-3-6-10-20)18-21-11-7-4-8-12-21/h3-12,19,23-24,27H,13-18H2,1-2H3/q+1/b22-19-/t23-,24+/m1/s1. The van der Waals surface area contributed by atoms with Crippen molar-refractivity contribution in [2.24, 2.45) is 0 Å². The third-order valence-electron chi connectivity index (χ3n) is 6.89. The average molecular weight is 363 g/mol. The van der Waals surface area contributed by atoms with Crippen LogP contribution in [0.15, 0.2) is 72.3 Å². The first-order valence-electron chi connectivity index (χ1n) is 10.3. The minimum atomic E-state index is -0.827. The lowest BCUT2D eigenvalue weighted by atomic mass is 9.83. The van der Waals surface area contributed by atoms with Crippen molar-refractivity contribution in [2.75, 3.05) is 14.1 Å². The number of aliphatic hydroxyl groups is 1. The van der Waals surface area contributed by atoms with E-state index < -0.39 is 5.60 Å². The summed E-state index contributed by atoms with van der Waals surface area (Å²) in [4.78, 5) is 0. The molecule has 2 fully saturated rings. The topological polar surface area (TPSA) is 20.2 Å². The first-order valence-corrected chi connectivity index (χ1v) is 10.3. The third kappa shape index (κ3) is 4.02. The van der Waals surface area contributed by atoms with Crippen molar-refractivity contribution < 1.29 is 9.59 Å². The van der Waals surface area contributed by atoms with Gasteiger partial charge in [-0.05, 0) is 11.1 Å². The van der Waals surface area contributed by atoms with Crippen LogP contribution < -0.4 is 0 Å². The van der Waals surface area contributed by atoms with Crippen molar-refractivity contribution in [2.45, 2.75) is 56.2 Å². The number of rotatable bonds is 5. The maximum Gasteiger partial charge on any atom is 0.0928 e. The molecule has 2 aliphatic rings. The lowest BCUT2D eigenvalue weighted by Gasteiger charge is -2.43. The molecule has 2 bridgehead atoms. The van der Waals surface area contributed by atoms with Gasteiger partial charge in [-0.15, -0.1) is 0 Å². The van der Waals surface area contributed by atoms with E-state index in [-0.39, 0.29) is 0 Å². The molecule has 0 radical (unpaired) electrons. The molecule has 2 aromatic carbocycles. The molecule has 2 heterocycles. The highest BCUT2D eigenvalue weighted by Gasteiger charge is 2.47. The van der Waals surface area contributed by atoms with Crippen LogP contribution in [-0.2, 0) is 12.8 Å². The van der Waals surface area contributed by atoms with Crippen LogP contribution in [0.25, 0.3) is 0 Å². The van der Waals surface area contributed by atoms with Gasteiger partial charge in [0.25, 0.3) is 0 Å². The molecule has 2 nitrogen and oxygen atoms in total. The average Bonchev–Trinajstić information content (AvgIpc) is 2.81. The Hall–Kier alpha value is -1.90. The van der Waals surface area contributed by atoms with Gasteiger partial charge >= 0.3 is 0 Å². The van der Waals surface area contributed by atoms with E-state index in [4.69, 9.17) is 0 Å². The van der Waals surface area contributed by atoms with Crippen LogP contribution in [0, 0.1) is 0 Å². The second kappa shape index (κ2) is 7.26. The molecule has 142 valence electrons. The Bertz CT molecular complexity index is 734. The minimum Gasteiger partial charge on any atom is -0.385 e. The Morgan fingerprint density at radius 1 is 0.852 bits per heavy atom. The van der Waals surface area contributed by atoms with E-state index in [2.05, 4.69) is 68.7 Å². The molecule has 2 aliphatic heterocycles. The third-order valence-corrected chi connectivity index (χ3v) is 6.89. The second-order valence-corrected chi connectivity index (χ2v) is 9.15. The largest absolute Gasteiger partial charge is 0.385 e. The first kappa shape index (κ1) is 18.5. The van der Waals surface area contributed by atoms with Crippen LogP contribution in [0.2, 0.25) is 0 Å². The zero-order chi connectivity index (χ0) is 18.9. The molecule has 0 amide bonds. The van der Waals surface area contributed by atoms with Crippen LogP contribution in [0.5, 0.6) is 0 Å². The Kier molecular flexibility index (Phi) is 4.96. The van der Waals surface area contributed by atoms with Crippen molar-refractivity contribution in [3.05, 3.63) is 83.4 Å². The quantitative estimate of drug-likeness (QED) is 0.612. The van der Waals surface area contributed by atoms with Crippen LogP contribution in [-0.4, -0.2) is 41.4 Å². The molecule has 0 unspecified atom stereocenters. The summed E-state index contributed by atoms with van der Waals surface area (Å²) in [5.41, 5.74) is 3.03. The van der Waals surface area contributed by atoms with Gasteiger partial charge in [0.15, 0.2) is 0 Å². The van der Waals surface area contributed by atoms with Gasteiger partial charge in [0, 0.05) is 38.5 Å². The molecule has 0 spiro atoms. The van der Waals surface area contributed by atoms with E-state index in [0.717, 1.165) is 17.3 Å². The summed E-state index contributed by atoms with van der Waals surface area (Å²) >= 11 is 0. The highest BCUT2D eigenvalue weighted by atomic mass is 16.3. The lowest BCUT2D eigenvalue weighted by Crippen LogP contribution is -2.53. The molecule has 2 atom stereocenters. The fourth-order valence-corrected chi connectivity index (χ4v) is 5.27. The first-order chi connectivity index (χ1) is 12.9. The maximum absolute atomic E-state index is 11.7. The van der Waals surface area contributed by atoms with Crippen molar-refractivity contribution in [3.8, 4) is 0 Å². The maximum atomic E-state index is 11.7. The normalized spacial score (nSPS) is 25.7. The van der Waals surface area contributed by atoms with Crippen LogP contribution >= 0.6 is 0 Å². The van der Waals surface area contributed by atoms with E-state index in [1.165, 1.54) is 29.5 Å². The van der Waals surface area contributed by atoms with Crippen LogP contribution in [0.1, 0.15) is 36.8 Å². The van der Waals surface area contributed by atoms with Crippen LogP contribution in [0.4, 0.5) is 0 Å². The number of piperidine rings is 1. The molecule has 0 aliphatic carbocycles. The van der Waals surface area contributed by atoms with Gasteiger partial charge in [-0.25, -0.2) is 0 Å². The van der Waals surface area contributed by atoms with E-state index in [9.17, 15) is 5.11 Å². The van der Waals surface area contributed by atoms with E-state index in [0.29, 0.717) is 24.9 Å². The summed E-state index contributed by atoms with van der Waals surface area (Å²) in [5, 5.41) is 11.7. The van der Waals surface area contributed by atoms with E-state index in [1.807, 2.05) is 12.1 Å². The van der Waals surface area contributed by atoms with Gasteiger partial charge in [0.1, 0.15) is 0 Å². The van der Waals surface area contributed by atoms with Gasteiger partial charge in [0.2, 0.25) is 0 Å². The predicted octanol–water partition coefficient (Wildman–Crippen LogP) is 4.53. The molecular weight excluding hydrogens is 330 g/mol. The van der Waals surface area contributed by atoms with E-state index in [1.54, 1.807) is 0 Å². The monoisotopic (exact) mass is 362 g/mol. The minimum absolute atomic E-state index is 0.666. The summed E-state index contributed by atoms with van der Waals surface area (Å²) in [6.45, 7) is 0. The number of benzene rings is 2. The van der Waals surface area contributed by atoms with Gasteiger partial charge in [-0.2, -0.15) is 0 Å². The Morgan fingerprint density at radius 3 is 1.74 bits per heavy atom. The molecule has 2 aromatic rings. The molecule has 2 heteroatoms. The molecule has 0 saturated carbocycles. The zero-order valence-electron chi connectivity index (χ0n) is 16.6. The fraction of sp³-hybridized carbons (Fsp3) is 0.440. The highest BCUT2D eigenvalue weighted by Crippen LogP contribution is 2.42. The fourth-order valence-electron chi connectivity index (χ4n) is 5.27. The van der Waals surface area contributed by atoms with Crippen molar-refractivity contribution >= 4 is 0 Å². The van der Waals surface area contributed by atoms with Crippen molar-refractivity contribution in [1.29, 1.82) is 0 Å². The number of hydrogen-bond donors (Lipinski definition) is 1. The van der Waals surface area contributed by atoms with Gasteiger partial charge in [0.05, 0.1) is 31.8 Å². The second-order valence-electron chi connectivity index (χ2n) is 9.15. The summed E-state index contributed by atoms with van der Waals surface area (Å²) in [7, 11) is 4.78. The smallest absolute Gasteiger partial charge is 0.0928 e. The molecule has 0 aromatic heterocycles. The zero-order valence-corrected chi connectivity index (χ0v) is 16.6.